The largest absolute Gasteiger partial charge is 0.369 e. The smallest absolute Gasteiger partial charge is 0.345 e. The maximum Gasteiger partial charge on any atom is 0.345 e. The molecule has 17 heavy (non-hydrogen) atoms. The van der Waals surface area contributed by atoms with E-state index < -0.39 is 24.5 Å². The molecule has 1 heterocycles. The van der Waals surface area contributed by atoms with Crippen molar-refractivity contribution < 1.29 is 23.1 Å². The Labute approximate surface area is 96.9 Å². The third-order valence-electron chi connectivity index (χ3n) is 3.41. The number of ether oxygens (including phenoxy) is 1. The van der Waals surface area contributed by atoms with Crippen LogP contribution in [0.25, 0.3) is 0 Å². The van der Waals surface area contributed by atoms with Crippen molar-refractivity contribution in [2.75, 3.05) is 13.1 Å². The van der Waals surface area contributed by atoms with E-state index in [4.69, 9.17) is 5.73 Å². The van der Waals surface area contributed by atoms with E-state index in [1.54, 1.807) is 0 Å². The molecule has 5 nitrogen and oxygen atoms in total. The lowest BCUT2D eigenvalue weighted by Crippen LogP contribution is -2.59. The molecule has 2 aliphatic rings. The van der Waals surface area contributed by atoms with Crippen molar-refractivity contribution in [1.82, 2.24) is 4.90 Å². The summed E-state index contributed by atoms with van der Waals surface area (Å²) in [5.74, 6) is -1.39. The Bertz CT molecular complexity index is 332. The Hall–Kier alpha value is -1.24. The zero-order chi connectivity index (χ0) is 12.6. The van der Waals surface area contributed by atoms with Crippen LogP contribution < -0.4 is 5.73 Å². The molecule has 0 aromatic rings. The predicted octanol–water partition coefficient (Wildman–Crippen LogP) is -0.0521. The number of carbonyl (C=O) groups is 2. The lowest BCUT2D eigenvalue weighted by molar-refractivity contribution is -0.202. The van der Waals surface area contributed by atoms with Crippen LogP contribution in [-0.2, 0) is 14.3 Å². The number of nitrogens with zero attached hydrogens (tertiary/aromatic N) is 1. The van der Waals surface area contributed by atoms with Gasteiger partial charge in [-0.2, -0.15) is 8.78 Å². The Morgan fingerprint density at radius 3 is 2.24 bits per heavy atom. The van der Waals surface area contributed by atoms with Gasteiger partial charge in [-0.25, -0.2) is 0 Å². The van der Waals surface area contributed by atoms with Crippen LogP contribution in [0, 0.1) is 11.8 Å². The standard InChI is InChI=1S/C10H14F2N2O3/c11-10(12)17-5-3-14(4-5)9(16)7-2-1-6(7)8(13)15/h5-7,10H,1-4H2,(H2,13,15). The summed E-state index contributed by atoms with van der Waals surface area (Å²) >= 11 is 0. The molecule has 2 N–H and O–H groups in total. The number of halogens is 2. The monoisotopic (exact) mass is 248 g/mol. The molecule has 2 atom stereocenters. The van der Waals surface area contributed by atoms with Gasteiger partial charge in [0.2, 0.25) is 11.8 Å². The van der Waals surface area contributed by atoms with Gasteiger partial charge in [-0.1, -0.05) is 0 Å². The number of rotatable bonds is 4. The van der Waals surface area contributed by atoms with Crippen molar-refractivity contribution in [2.45, 2.75) is 25.6 Å². The van der Waals surface area contributed by atoms with E-state index in [1.165, 1.54) is 4.90 Å². The molecule has 2 fully saturated rings. The summed E-state index contributed by atoms with van der Waals surface area (Å²) in [6.45, 7) is -2.46. The van der Waals surface area contributed by atoms with Crippen LogP contribution in [0.1, 0.15) is 12.8 Å². The first-order chi connectivity index (χ1) is 7.99. The van der Waals surface area contributed by atoms with Crippen LogP contribution in [0.5, 0.6) is 0 Å². The molecule has 0 radical (unpaired) electrons. The minimum absolute atomic E-state index is 0.172. The van der Waals surface area contributed by atoms with Gasteiger partial charge >= 0.3 is 6.61 Å². The number of hydrogen-bond acceptors (Lipinski definition) is 3. The van der Waals surface area contributed by atoms with E-state index >= 15 is 0 Å². The number of amides is 2. The van der Waals surface area contributed by atoms with E-state index in [0.717, 1.165) is 0 Å². The summed E-state index contributed by atoms with van der Waals surface area (Å²) in [6.07, 6.45) is 0.686. The summed E-state index contributed by atoms with van der Waals surface area (Å²) in [5, 5.41) is 0. The second-order valence-corrected chi connectivity index (χ2v) is 4.45. The lowest BCUT2D eigenvalue weighted by atomic mass is 9.72. The van der Waals surface area contributed by atoms with Gasteiger partial charge in [0.15, 0.2) is 0 Å². The summed E-state index contributed by atoms with van der Waals surface area (Å²) < 4.78 is 28.0. The lowest BCUT2D eigenvalue weighted by Gasteiger charge is -2.44. The first kappa shape index (κ1) is 12.2. The van der Waals surface area contributed by atoms with E-state index in [-0.39, 0.29) is 24.9 Å². The van der Waals surface area contributed by atoms with Gasteiger partial charge in [0.1, 0.15) is 0 Å². The number of primary amides is 1. The van der Waals surface area contributed by atoms with Gasteiger partial charge in [-0.05, 0) is 12.8 Å². The average molecular weight is 248 g/mol. The van der Waals surface area contributed by atoms with E-state index in [9.17, 15) is 18.4 Å². The summed E-state index contributed by atoms with van der Waals surface area (Å²) in [7, 11) is 0. The molecule has 2 amide bonds. The zero-order valence-electron chi connectivity index (χ0n) is 9.14. The van der Waals surface area contributed by atoms with Crippen LogP contribution in [0.15, 0.2) is 0 Å². The fourth-order valence-electron chi connectivity index (χ4n) is 2.22. The predicted molar refractivity (Wildman–Crippen MR) is 52.9 cm³/mol. The Morgan fingerprint density at radius 1 is 1.24 bits per heavy atom. The SMILES string of the molecule is NC(=O)C1CCC1C(=O)N1CC(OC(F)F)C1. The van der Waals surface area contributed by atoms with E-state index in [1.807, 2.05) is 0 Å². The minimum Gasteiger partial charge on any atom is -0.369 e. The molecule has 0 bridgehead atoms. The van der Waals surface area contributed by atoms with Crippen molar-refractivity contribution in [3.05, 3.63) is 0 Å². The molecule has 2 unspecified atom stereocenters. The Kier molecular flexibility index (Phi) is 3.28. The zero-order valence-corrected chi connectivity index (χ0v) is 9.14. The van der Waals surface area contributed by atoms with Crippen molar-refractivity contribution in [1.29, 1.82) is 0 Å². The number of hydrogen-bond donors (Lipinski definition) is 1. The quantitative estimate of drug-likeness (QED) is 0.758. The molecule has 1 saturated carbocycles. The first-order valence-electron chi connectivity index (χ1n) is 5.50. The van der Waals surface area contributed by atoms with Crippen LogP contribution in [0.4, 0.5) is 8.78 Å². The van der Waals surface area contributed by atoms with Gasteiger partial charge < -0.3 is 15.4 Å². The van der Waals surface area contributed by atoms with Crippen LogP contribution >= 0.6 is 0 Å². The summed E-state index contributed by atoms with van der Waals surface area (Å²) in [5.41, 5.74) is 5.15. The molecule has 7 heteroatoms. The molecule has 0 aromatic carbocycles. The number of alkyl halides is 2. The highest BCUT2D eigenvalue weighted by atomic mass is 19.3. The molecule has 0 spiro atoms. The Morgan fingerprint density at radius 2 is 1.82 bits per heavy atom. The average Bonchev–Trinajstić information content (AvgIpc) is 2.06. The van der Waals surface area contributed by atoms with Crippen molar-refractivity contribution in [3.63, 3.8) is 0 Å². The molecule has 0 aromatic heterocycles. The van der Waals surface area contributed by atoms with E-state index in [0.29, 0.717) is 12.8 Å². The van der Waals surface area contributed by atoms with Crippen molar-refractivity contribution in [2.24, 2.45) is 17.6 Å². The second kappa shape index (κ2) is 4.56. The fourth-order valence-corrected chi connectivity index (χ4v) is 2.22. The highest BCUT2D eigenvalue weighted by Gasteiger charge is 2.45. The van der Waals surface area contributed by atoms with Crippen LogP contribution in [0.3, 0.4) is 0 Å². The number of likely N-dealkylation sites (tertiary alicyclic amines) is 1. The van der Waals surface area contributed by atoms with Crippen molar-refractivity contribution in [3.8, 4) is 0 Å². The topological polar surface area (TPSA) is 72.6 Å². The maximum absolute atomic E-state index is 11.9. The molecule has 1 aliphatic carbocycles. The third kappa shape index (κ3) is 2.38. The summed E-state index contributed by atoms with van der Waals surface area (Å²) in [4.78, 5) is 24.2. The first-order valence-corrected chi connectivity index (χ1v) is 5.50. The van der Waals surface area contributed by atoms with Crippen LogP contribution in [0.2, 0.25) is 0 Å². The highest BCUT2D eigenvalue weighted by molar-refractivity contribution is 5.88. The summed E-state index contributed by atoms with van der Waals surface area (Å²) in [6, 6.07) is 0. The van der Waals surface area contributed by atoms with Gasteiger partial charge in [0.25, 0.3) is 0 Å². The highest BCUT2D eigenvalue weighted by Crippen LogP contribution is 2.36. The van der Waals surface area contributed by atoms with Gasteiger partial charge in [-0.15, -0.1) is 0 Å². The fraction of sp³-hybridized carbons (Fsp3) is 0.800. The molecule has 2 rings (SSSR count). The molecule has 1 aliphatic heterocycles. The van der Waals surface area contributed by atoms with Gasteiger partial charge in [-0.3, -0.25) is 9.59 Å². The maximum atomic E-state index is 11.9. The normalized spacial score (nSPS) is 28.8. The molecular formula is C10H14F2N2O3. The molecule has 1 saturated heterocycles. The molecule has 96 valence electrons. The van der Waals surface area contributed by atoms with Gasteiger partial charge in [0, 0.05) is 24.9 Å². The third-order valence-corrected chi connectivity index (χ3v) is 3.41. The second-order valence-electron chi connectivity index (χ2n) is 4.45. The van der Waals surface area contributed by atoms with Gasteiger partial charge in [0.05, 0.1) is 6.10 Å². The van der Waals surface area contributed by atoms with E-state index in [2.05, 4.69) is 4.74 Å². The molecular weight excluding hydrogens is 234 g/mol. The number of nitrogens with two attached hydrogens (primary N) is 1. The number of carbonyl (C=O) groups excluding carboxylic acids is 2. The van der Waals surface area contributed by atoms with Crippen molar-refractivity contribution >= 4 is 11.8 Å². The minimum atomic E-state index is -2.81. The Balaban J connectivity index is 1.78. The van der Waals surface area contributed by atoms with Crippen LogP contribution in [-0.4, -0.2) is 42.5 Å².